The molecule has 0 unspecified atom stereocenters. The van der Waals surface area contributed by atoms with Gasteiger partial charge in [-0.3, -0.25) is 9.36 Å². The summed E-state index contributed by atoms with van der Waals surface area (Å²) in [6.07, 6.45) is 2.70. The highest BCUT2D eigenvalue weighted by atomic mass is 35.5. The number of aromatic nitrogens is 3. The van der Waals surface area contributed by atoms with E-state index in [4.69, 9.17) is 23.2 Å². The average molecular weight is 500 g/mol. The number of thioether (sulfide) groups is 1. The second-order valence-electron chi connectivity index (χ2n) is 5.74. The second-order valence-corrected chi connectivity index (χ2v) is 8.87. The van der Waals surface area contributed by atoms with Gasteiger partial charge in [-0.1, -0.05) is 41.0 Å². The molecule has 0 fully saturated rings. The van der Waals surface area contributed by atoms with Crippen LogP contribution in [-0.4, -0.2) is 34.7 Å². The van der Waals surface area contributed by atoms with Crippen LogP contribution in [0.3, 0.4) is 0 Å². The molecule has 2 aromatic heterocycles. The first-order chi connectivity index (χ1) is 13.9. The number of halogens is 5. The number of nitrogens with zero attached hydrogens (tertiary/aromatic N) is 3. The number of alkyl halides is 3. The Morgan fingerprint density at radius 2 is 1.77 bits per heavy atom. The third kappa shape index (κ3) is 3.84. The summed E-state index contributed by atoms with van der Waals surface area (Å²) < 4.78 is 68.1. The predicted molar refractivity (Wildman–Crippen MR) is 108 cm³/mol. The van der Waals surface area contributed by atoms with Gasteiger partial charge in [-0.05, 0) is 18.4 Å². The molecular weight excluding hydrogens is 490 g/mol. The highest BCUT2D eigenvalue weighted by Crippen LogP contribution is 2.42. The van der Waals surface area contributed by atoms with E-state index in [0.717, 1.165) is 22.5 Å². The van der Waals surface area contributed by atoms with Crippen molar-refractivity contribution in [1.82, 2.24) is 14.5 Å². The van der Waals surface area contributed by atoms with Crippen molar-refractivity contribution in [3.05, 3.63) is 44.8 Å². The molecule has 0 N–H and O–H groups in total. The molecule has 0 amide bonds. The van der Waals surface area contributed by atoms with Crippen LogP contribution in [0.2, 0.25) is 10.0 Å². The van der Waals surface area contributed by atoms with Gasteiger partial charge in [0.05, 0.1) is 21.0 Å². The van der Waals surface area contributed by atoms with E-state index in [1.165, 1.54) is 25.2 Å². The maximum Gasteiger partial charge on any atom is 0.534 e. The molecule has 0 radical (unpaired) electrons. The van der Waals surface area contributed by atoms with E-state index in [1.54, 1.807) is 6.26 Å². The lowest BCUT2D eigenvalue weighted by Gasteiger charge is -2.18. The van der Waals surface area contributed by atoms with Gasteiger partial charge in [0, 0.05) is 18.8 Å². The molecule has 0 atom stereocenters. The third-order valence-corrected chi connectivity index (χ3v) is 6.07. The van der Waals surface area contributed by atoms with Crippen LogP contribution in [-0.2, 0) is 17.2 Å². The van der Waals surface area contributed by atoms with E-state index in [0.29, 0.717) is 0 Å². The van der Waals surface area contributed by atoms with Gasteiger partial charge in [0.15, 0.2) is 16.6 Å². The molecule has 2 heterocycles. The number of pyridine rings is 1. The van der Waals surface area contributed by atoms with Gasteiger partial charge in [-0.25, -0.2) is 9.97 Å². The summed E-state index contributed by atoms with van der Waals surface area (Å²) in [7, 11) is -4.84. The van der Waals surface area contributed by atoms with Crippen LogP contribution in [0.25, 0.3) is 22.2 Å². The van der Waals surface area contributed by atoms with E-state index in [1.807, 2.05) is 0 Å². The SMILES string of the molecule is CSc1ncc2c(OS(=O)(=O)C(F)(F)F)c(-c3c(Cl)cccc3Cl)c(=O)n(C)c2n1. The van der Waals surface area contributed by atoms with Crippen molar-refractivity contribution in [2.75, 3.05) is 6.26 Å². The van der Waals surface area contributed by atoms with Gasteiger partial charge in [0.25, 0.3) is 5.56 Å². The minimum Gasteiger partial charge on any atom is -0.374 e. The molecule has 0 aliphatic carbocycles. The molecule has 30 heavy (non-hydrogen) atoms. The van der Waals surface area contributed by atoms with Gasteiger partial charge >= 0.3 is 15.6 Å². The Morgan fingerprint density at radius 3 is 2.30 bits per heavy atom. The molecule has 160 valence electrons. The molecule has 0 saturated carbocycles. The van der Waals surface area contributed by atoms with Crippen LogP contribution in [0.1, 0.15) is 0 Å². The first-order valence-electron chi connectivity index (χ1n) is 7.78. The summed E-state index contributed by atoms with van der Waals surface area (Å²) in [5, 5.41) is -0.260. The number of fused-ring (bicyclic) bond motifs is 1. The van der Waals surface area contributed by atoms with Crippen molar-refractivity contribution >= 4 is 56.1 Å². The van der Waals surface area contributed by atoms with Crippen molar-refractivity contribution in [3.8, 4) is 16.9 Å². The topological polar surface area (TPSA) is 91.1 Å². The van der Waals surface area contributed by atoms with Crippen molar-refractivity contribution in [2.45, 2.75) is 10.7 Å². The zero-order valence-corrected chi connectivity index (χ0v) is 18.1. The van der Waals surface area contributed by atoms with Crippen LogP contribution in [0, 0.1) is 0 Å². The van der Waals surface area contributed by atoms with Crippen LogP contribution in [0.15, 0.2) is 34.3 Å². The fourth-order valence-electron chi connectivity index (χ4n) is 2.57. The third-order valence-electron chi connectivity index (χ3n) is 3.93. The summed E-state index contributed by atoms with van der Waals surface area (Å²) in [5.41, 5.74) is -7.57. The van der Waals surface area contributed by atoms with Gasteiger partial charge in [0.1, 0.15) is 0 Å². The minimum absolute atomic E-state index is 0.102. The van der Waals surface area contributed by atoms with Crippen molar-refractivity contribution < 1.29 is 25.8 Å². The maximum absolute atomic E-state index is 13.1. The Morgan fingerprint density at radius 1 is 1.17 bits per heavy atom. The van der Waals surface area contributed by atoms with Crippen molar-refractivity contribution in [2.24, 2.45) is 7.05 Å². The highest BCUT2D eigenvalue weighted by molar-refractivity contribution is 7.98. The highest BCUT2D eigenvalue weighted by Gasteiger charge is 2.49. The molecule has 0 saturated heterocycles. The Kier molecular flexibility index (Phi) is 5.98. The average Bonchev–Trinajstić information content (AvgIpc) is 2.66. The normalized spacial score (nSPS) is 12.4. The maximum atomic E-state index is 13.1. The van der Waals surface area contributed by atoms with E-state index >= 15 is 0 Å². The lowest BCUT2D eigenvalue weighted by atomic mass is 10.0. The van der Waals surface area contributed by atoms with Gasteiger partial charge in [0.2, 0.25) is 0 Å². The van der Waals surface area contributed by atoms with Crippen LogP contribution in [0.4, 0.5) is 13.2 Å². The molecule has 3 aromatic rings. The first-order valence-corrected chi connectivity index (χ1v) is 11.2. The summed E-state index contributed by atoms with van der Waals surface area (Å²) in [6, 6.07) is 4.12. The molecular formula is C16H10Cl2F3N3O4S2. The summed E-state index contributed by atoms with van der Waals surface area (Å²) in [6.45, 7) is 0. The molecule has 14 heteroatoms. The van der Waals surface area contributed by atoms with Gasteiger partial charge < -0.3 is 4.18 Å². The van der Waals surface area contributed by atoms with Crippen LogP contribution >= 0.6 is 35.0 Å². The standard InChI is InChI=1S/C16H10Cl2F3N3O4S2/c1-24-13-7(6-22-15(23-13)29-2)12(28-30(26,27)16(19,20)21)11(14(24)25)10-8(17)4-3-5-9(10)18/h3-6H,1-2H3. The Labute approximate surface area is 181 Å². The molecule has 0 spiro atoms. The smallest absolute Gasteiger partial charge is 0.374 e. The molecule has 3 rings (SSSR count). The number of rotatable bonds is 4. The molecule has 0 aliphatic rings. The molecule has 0 aliphatic heterocycles. The van der Waals surface area contributed by atoms with Crippen molar-refractivity contribution in [1.29, 1.82) is 0 Å². The predicted octanol–water partition coefficient (Wildman–Crippen LogP) is 4.25. The lowest BCUT2D eigenvalue weighted by Crippen LogP contribution is -2.30. The Balaban J connectivity index is 2.52. The van der Waals surface area contributed by atoms with Gasteiger partial charge in [-0.2, -0.15) is 21.6 Å². The molecule has 0 bridgehead atoms. The summed E-state index contributed by atoms with van der Waals surface area (Å²) >= 11 is 13.4. The number of benzene rings is 1. The zero-order valence-electron chi connectivity index (χ0n) is 15.0. The summed E-state index contributed by atoms with van der Waals surface area (Å²) in [5.74, 6) is -0.923. The van der Waals surface area contributed by atoms with Crippen LogP contribution < -0.4 is 9.74 Å². The quantitative estimate of drug-likeness (QED) is 0.229. The first kappa shape index (κ1) is 22.7. The number of aryl methyl sites for hydroxylation is 1. The fourth-order valence-corrected chi connectivity index (χ4v) is 3.98. The van der Waals surface area contributed by atoms with Gasteiger partial charge in [-0.15, -0.1) is 0 Å². The minimum atomic E-state index is -6.14. The zero-order chi connectivity index (χ0) is 22.4. The fraction of sp³-hybridized carbons (Fsp3) is 0.188. The Hall–Kier alpha value is -2.02. The molecule has 1 aromatic carbocycles. The van der Waals surface area contributed by atoms with Crippen LogP contribution in [0.5, 0.6) is 5.75 Å². The van der Waals surface area contributed by atoms with Crippen molar-refractivity contribution in [3.63, 3.8) is 0 Å². The van der Waals surface area contributed by atoms with E-state index < -0.39 is 32.5 Å². The summed E-state index contributed by atoms with van der Waals surface area (Å²) in [4.78, 5) is 21.1. The number of hydrogen-bond acceptors (Lipinski definition) is 7. The van der Waals surface area contributed by atoms with E-state index in [-0.39, 0.29) is 31.8 Å². The van der Waals surface area contributed by atoms with E-state index in [9.17, 15) is 26.4 Å². The second kappa shape index (κ2) is 7.91. The lowest BCUT2D eigenvalue weighted by molar-refractivity contribution is -0.0499. The Bertz CT molecular complexity index is 1310. The molecule has 7 nitrogen and oxygen atoms in total. The van der Waals surface area contributed by atoms with E-state index in [2.05, 4.69) is 14.2 Å². The number of hydrogen-bond donors (Lipinski definition) is 0. The monoisotopic (exact) mass is 499 g/mol. The largest absolute Gasteiger partial charge is 0.534 e.